The number of hydrogen-bond acceptors (Lipinski definition) is 4. The number of nitrogens with zero attached hydrogens (tertiary/aromatic N) is 2. The molecule has 2 aromatic heterocycles. The normalized spacial score (nSPS) is 11.6. The minimum Gasteiger partial charge on any atom is -0.444 e. The number of rotatable bonds is 3. The Balaban J connectivity index is 2.58. The molecule has 0 aromatic carbocycles. The Morgan fingerprint density at radius 1 is 1.56 bits per heavy atom. The molecule has 2 N–H and O–H groups in total. The molecular weight excluding hydrogens is 228 g/mol. The maximum absolute atomic E-state index is 5.52. The molecule has 0 aliphatic rings. The summed E-state index contributed by atoms with van der Waals surface area (Å²) < 4.78 is 5.52. The Morgan fingerprint density at radius 3 is 2.94 bits per heavy atom. The van der Waals surface area contributed by atoms with Crippen molar-refractivity contribution in [3.05, 3.63) is 36.4 Å². The first kappa shape index (κ1) is 12.2. The highest BCUT2D eigenvalue weighted by Gasteiger charge is 2.14. The summed E-state index contributed by atoms with van der Waals surface area (Å²) in [6.45, 7) is 5.51. The first-order valence-corrected chi connectivity index (χ1v) is 5.61. The summed E-state index contributed by atoms with van der Waals surface area (Å²) >= 11 is 0. The molecule has 0 aliphatic heterocycles. The molecule has 0 amide bonds. The third-order valence-electron chi connectivity index (χ3n) is 2.54. The molecule has 0 saturated carbocycles. The fourth-order valence-electron chi connectivity index (χ4n) is 1.83. The van der Waals surface area contributed by atoms with E-state index in [-0.39, 0.29) is 0 Å². The zero-order chi connectivity index (χ0) is 13.1. The van der Waals surface area contributed by atoms with Gasteiger partial charge in [0.1, 0.15) is 5.65 Å². The van der Waals surface area contributed by atoms with Crippen LogP contribution in [0.2, 0.25) is 0 Å². The lowest BCUT2D eigenvalue weighted by molar-refractivity contribution is 0.420. The van der Waals surface area contributed by atoms with E-state index in [0.717, 1.165) is 22.3 Å². The third-order valence-corrected chi connectivity index (χ3v) is 2.54. The fourth-order valence-corrected chi connectivity index (χ4v) is 1.83. The van der Waals surface area contributed by atoms with Crippen LogP contribution in [0.4, 0.5) is 5.69 Å². The quantitative estimate of drug-likeness (QED) is 0.495. The molecule has 18 heavy (non-hydrogen) atoms. The van der Waals surface area contributed by atoms with Crippen molar-refractivity contribution >= 4 is 22.6 Å². The second kappa shape index (κ2) is 4.91. The third kappa shape index (κ3) is 2.07. The van der Waals surface area contributed by atoms with Crippen molar-refractivity contribution in [1.82, 2.24) is 9.97 Å². The van der Waals surface area contributed by atoms with E-state index in [1.54, 1.807) is 20.2 Å². The lowest BCUT2D eigenvalue weighted by atomic mass is 10.1. The number of anilines is 1. The van der Waals surface area contributed by atoms with Crippen molar-refractivity contribution in [3.63, 3.8) is 0 Å². The lowest BCUT2D eigenvalue weighted by Gasteiger charge is -2.12. The molecule has 0 aliphatic carbocycles. The van der Waals surface area contributed by atoms with Gasteiger partial charge in [-0.2, -0.15) is 0 Å². The molecule has 0 unspecified atom stereocenters. The number of fused-ring (bicyclic) bond motifs is 1. The zero-order valence-electron chi connectivity index (χ0n) is 10.7. The topological polar surface area (TPSA) is 62.3 Å². The molecule has 0 radical (unpaired) electrons. The van der Waals surface area contributed by atoms with Crippen LogP contribution in [0.3, 0.4) is 0 Å². The molecule has 0 bridgehead atoms. The van der Waals surface area contributed by atoms with Gasteiger partial charge in [0.05, 0.1) is 17.0 Å². The van der Waals surface area contributed by atoms with Crippen LogP contribution < -0.4 is 5.32 Å². The molecule has 0 spiro atoms. The van der Waals surface area contributed by atoms with Gasteiger partial charge in [-0.15, -0.1) is 0 Å². The van der Waals surface area contributed by atoms with Crippen LogP contribution >= 0.6 is 0 Å². The molecule has 0 fully saturated rings. The fraction of sp³-hybridized carbons (Fsp3) is 0.231. The second-order valence-electron chi connectivity index (χ2n) is 3.87. The minimum absolute atomic E-state index is 0.502. The maximum Gasteiger partial charge on any atom is 0.224 e. The molecule has 2 aromatic rings. The largest absolute Gasteiger partial charge is 0.444 e. The number of H-pyrrole nitrogens is 1. The first-order valence-electron chi connectivity index (χ1n) is 5.61. The van der Waals surface area contributed by atoms with Gasteiger partial charge in [-0.05, 0) is 13.0 Å². The summed E-state index contributed by atoms with van der Waals surface area (Å²) in [7, 11) is 3.54. The van der Waals surface area contributed by atoms with Crippen LogP contribution in [0.1, 0.15) is 12.5 Å². The lowest BCUT2D eigenvalue weighted by Crippen LogP contribution is -2.09. The van der Waals surface area contributed by atoms with Crippen LogP contribution in [0, 0.1) is 0 Å². The van der Waals surface area contributed by atoms with Crippen molar-refractivity contribution < 1.29 is 4.74 Å². The van der Waals surface area contributed by atoms with Crippen LogP contribution in [0.15, 0.2) is 35.8 Å². The number of aromatic amines is 1. The predicted molar refractivity (Wildman–Crippen MR) is 74.0 cm³/mol. The number of ether oxygens (including phenoxy) is 1. The average molecular weight is 244 g/mol. The number of nitrogens with one attached hydrogen (secondary N) is 2. The number of allylic oxidation sites excluding steroid dienone is 1. The van der Waals surface area contributed by atoms with Crippen molar-refractivity contribution in [1.29, 1.82) is 0 Å². The molecular formula is C13H16N4O. The smallest absolute Gasteiger partial charge is 0.224 e. The Labute approximate surface area is 106 Å². The van der Waals surface area contributed by atoms with Gasteiger partial charge in [-0.1, -0.05) is 6.58 Å². The summed E-state index contributed by atoms with van der Waals surface area (Å²) in [6.07, 6.45) is 3.58. The Kier molecular flexibility index (Phi) is 3.32. The van der Waals surface area contributed by atoms with Crippen molar-refractivity contribution in [3.8, 4) is 0 Å². The standard InChI is InChI=1S/C13H16N4O/c1-8(2)18-13(15-4)10-7-17-12-9(5-6-16-12)11(10)14-3/h5-7H,1H2,2-4H3,(H2,14,16,17)/b15-13-. The van der Waals surface area contributed by atoms with Crippen molar-refractivity contribution in [2.75, 3.05) is 19.4 Å². The summed E-state index contributed by atoms with van der Waals surface area (Å²) in [5.74, 6) is 1.09. The summed E-state index contributed by atoms with van der Waals surface area (Å²) in [5.41, 5.74) is 2.58. The number of aliphatic imine (C=N–C) groups is 1. The maximum atomic E-state index is 5.52. The van der Waals surface area contributed by atoms with Gasteiger partial charge in [0.2, 0.25) is 5.90 Å². The summed E-state index contributed by atoms with van der Waals surface area (Å²) in [4.78, 5) is 11.6. The Hall–Kier alpha value is -2.30. The van der Waals surface area contributed by atoms with E-state index in [0.29, 0.717) is 11.7 Å². The zero-order valence-corrected chi connectivity index (χ0v) is 10.7. The Morgan fingerprint density at radius 2 is 2.33 bits per heavy atom. The van der Waals surface area contributed by atoms with Gasteiger partial charge < -0.3 is 15.0 Å². The van der Waals surface area contributed by atoms with Gasteiger partial charge in [-0.3, -0.25) is 4.99 Å². The van der Waals surface area contributed by atoms with E-state index in [9.17, 15) is 0 Å². The molecule has 2 rings (SSSR count). The monoisotopic (exact) mass is 244 g/mol. The van der Waals surface area contributed by atoms with Crippen LogP contribution in [-0.4, -0.2) is 30.0 Å². The van der Waals surface area contributed by atoms with E-state index in [2.05, 4.69) is 26.9 Å². The van der Waals surface area contributed by atoms with Gasteiger partial charge >= 0.3 is 0 Å². The number of hydrogen-bond donors (Lipinski definition) is 2. The number of aromatic nitrogens is 2. The molecule has 94 valence electrons. The second-order valence-corrected chi connectivity index (χ2v) is 3.87. The van der Waals surface area contributed by atoms with E-state index in [1.807, 2.05) is 19.3 Å². The highest BCUT2D eigenvalue weighted by Crippen LogP contribution is 2.26. The molecule has 2 heterocycles. The summed E-state index contributed by atoms with van der Waals surface area (Å²) in [5, 5.41) is 4.16. The van der Waals surface area contributed by atoms with Gasteiger partial charge in [0.15, 0.2) is 0 Å². The highest BCUT2D eigenvalue weighted by atomic mass is 16.5. The Bertz CT molecular complexity index is 612. The predicted octanol–water partition coefficient (Wildman–Crippen LogP) is 2.53. The van der Waals surface area contributed by atoms with Crippen LogP contribution in [-0.2, 0) is 4.74 Å². The van der Waals surface area contributed by atoms with Crippen molar-refractivity contribution in [2.24, 2.45) is 4.99 Å². The van der Waals surface area contributed by atoms with E-state index in [4.69, 9.17) is 4.74 Å². The first-order chi connectivity index (χ1) is 8.67. The SMILES string of the molecule is C=C(C)O/C(=N\C)c1cnc2[nH]ccc2c1NC. The van der Waals surface area contributed by atoms with Crippen LogP contribution in [0.25, 0.3) is 11.0 Å². The van der Waals surface area contributed by atoms with Crippen molar-refractivity contribution in [2.45, 2.75) is 6.92 Å². The van der Waals surface area contributed by atoms with Gasteiger partial charge in [0.25, 0.3) is 0 Å². The summed E-state index contributed by atoms with van der Waals surface area (Å²) in [6, 6.07) is 1.96. The van der Waals surface area contributed by atoms with E-state index >= 15 is 0 Å². The minimum atomic E-state index is 0.502. The molecule has 5 heteroatoms. The van der Waals surface area contributed by atoms with E-state index in [1.165, 1.54) is 0 Å². The van der Waals surface area contributed by atoms with Gasteiger partial charge in [0, 0.05) is 31.9 Å². The molecule has 5 nitrogen and oxygen atoms in total. The van der Waals surface area contributed by atoms with Crippen LogP contribution in [0.5, 0.6) is 0 Å². The van der Waals surface area contributed by atoms with Gasteiger partial charge in [-0.25, -0.2) is 4.98 Å². The number of pyridine rings is 1. The van der Waals surface area contributed by atoms with E-state index < -0.39 is 0 Å². The molecule has 0 saturated heterocycles. The highest BCUT2D eigenvalue weighted by molar-refractivity contribution is 6.06. The molecule has 0 atom stereocenters. The average Bonchev–Trinajstić information content (AvgIpc) is 2.82.